The van der Waals surface area contributed by atoms with Gasteiger partial charge in [-0.05, 0) is 55.3 Å². The number of ether oxygens (including phenoxy) is 2. The third kappa shape index (κ3) is 5.95. The van der Waals surface area contributed by atoms with Gasteiger partial charge in [-0.2, -0.15) is 0 Å². The lowest BCUT2D eigenvalue weighted by molar-refractivity contribution is -0.143. The molecule has 1 unspecified atom stereocenters. The smallest absolute Gasteiger partial charge is 0.338 e. The largest absolute Gasteiger partial charge is 0.504 e. The highest BCUT2D eigenvalue weighted by Gasteiger charge is 2.21. The molecule has 2 atom stereocenters. The van der Waals surface area contributed by atoms with Crippen molar-refractivity contribution in [3.8, 4) is 11.5 Å². The van der Waals surface area contributed by atoms with Crippen molar-refractivity contribution < 1.29 is 33.7 Å². The SMILES string of the molecule is COC(=O)[C@H](Cc1ccc(O)c(O)c1)NCC(C)OC(=O)c1ccc(F)cc1. The lowest BCUT2D eigenvalue weighted by Crippen LogP contribution is -2.43. The molecular formula is C20H22FNO6. The Kier molecular flexibility index (Phi) is 7.34. The molecule has 8 heteroatoms. The number of benzene rings is 2. The summed E-state index contributed by atoms with van der Waals surface area (Å²) in [6, 6.07) is 8.49. The topological polar surface area (TPSA) is 105 Å². The second kappa shape index (κ2) is 9.70. The number of hydrogen-bond acceptors (Lipinski definition) is 7. The summed E-state index contributed by atoms with van der Waals surface area (Å²) in [6.07, 6.45) is -0.378. The number of carbonyl (C=O) groups excluding carboxylic acids is 2. The minimum absolute atomic E-state index is 0.163. The molecule has 0 radical (unpaired) electrons. The molecular weight excluding hydrogens is 369 g/mol. The molecule has 2 aromatic rings. The molecule has 0 fully saturated rings. The van der Waals surface area contributed by atoms with E-state index in [9.17, 15) is 24.2 Å². The van der Waals surface area contributed by atoms with Crippen molar-refractivity contribution in [2.75, 3.05) is 13.7 Å². The monoisotopic (exact) mass is 391 g/mol. The van der Waals surface area contributed by atoms with E-state index in [4.69, 9.17) is 9.47 Å². The fraction of sp³-hybridized carbons (Fsp3) is 0.300. The van der Waals surface area contributed by atoms with Crippen LogP contribution in [0.25, 0.3) is 0 Å². The van der Waals surface area contributed by atoms with Gasteiger partial charge in [-0.25, -0.2) is 9.18 Å². The van der Waals surface area contributed by atoms with E-state index in [1.807, 2.05) is 0 Å². The predicted octanol–water partition coefficient (Wildman–Crippen LogP) is 2.16. The van der Waals surface area contributed by atoms with Gasteiger partial charge < -0.3 is 25.0 Å². The lowest BCUT2D eigenvalue weighted by Gasteiger charge is -2.20. The first kappa shape index (κ1) is 21.2. The number of hydrogen-bond donors (Lipinski definition) is 3. The Labute approximate surface area is 161 Å². The highest BCUT2D eigenvalue weighted by Crippen LogP contribution is 2.25. The number of phenolic OH excluding ortho intramolecular Hbond substituents is 2. The Morgan fingerprint density at radius 3 is 2.39 bits per heavy atom. The Balaban J connectivity index is 1.94. The van der Waals surface area contributed by atoms with Gasteiger partial charge in [-0.1, -0.05) is 6.07 Å². The van der Waals surface area contributed by atoms with E-state index in [-0.39, 0.29) is 30.0 Å². The van der Waals surface area contributed by atoms with Crippen LogP contribution in [-0.2, 0) is 20.7 Å². The van der Waals surface area contributed by atoms with Crippen LogP contribution in [0.15, 0.2) is 42.5 Å². The number of nitrogens with one attached hydrogen (secondary N) is 1. The summed E-state index contributed by atoms with van der Waals surface area (Å²) in [5.41, 5.74) is 0.825. The van der Waals surface area contributed by atoms with Crippen LogP contribution in [0.4, 0.5) is 4.39 Å². The maximum atomic E-state index is 12.9. The zero-order valence-electron chi connectivity index (χ0n) is 15.5. The normalized spacial score (nSPS) is 12.8. The van der Waals surface area contributed by atoms with E-state index in [2.05, 4.69) is 5.32 Å². The summed E-state index contributed by atoms with van der Waals surface area (Å²) in [5.74, 6) is -2.13. The summed E-state index contributed by atoms with van der Waals surface area (Å²) < 4.78 is 23.0. The molecule has 28 heavy (non-hydrogen) atoms. The summed E-state index contributed by atoms with van der Waals surface area (Å²) in [4.78, 5) is 24.1. The molecule has 7 nitrogen and oxygen atoms in total. The summed E-state index contributed by atoms with van der Waals surface area (Å²) >= 11 is 0. The second-order valence-electron chi connectivity index (χ2n) is 6.23. The van der Waals surface area contributed by atoms with Gasteiger partial charge in [0.25, 0.3) is 0 Å². The molecule has 2 aromatic carbocycles. The van der Waals surface area contributed by atoms with Crippen LogP contribution in [-0.4, -0.2) is 48.0 Å². The van der Waals surface area contributed by atoms with Crippen LogP contribution in [0.3, 0.4) is 0 Å². The van der Waals surface area contributed by atoms with E-state index < -0.39 is 29.9 Å². The van der Waals surface area contributed by atoms with Crippen LogP contribution in [0, 0.1) is 5.82 Å². The summed E-state index contributed by atoms with van der Waals surface area (Å²) in [7, 11) is 1.25. The molecule has 0 aliphatic rings. The van der Waals surface area contributed by atoms with Gasteiger partial charge in [-0.3, -0.25) is 4.79 Å². The van der Waals surface area contributed by atoms with E-state index in [0.717, 1.165) is 0 Å². The van der Waals surface area contributed by atoms with Gasteiger partial charge in [0.05, 0.1) is 12.7 Å². The molecule has 0 saturated heterocycles. The van der Waals surface area contributed by atoms with Gasteiger partial charge in [-0.15, -0.1) is 0 Å². The number of methoxy groups -OCH3 is 1. The number of halogens is 1. The number of phenols is 2. The molecule has 0 aliphatic heterocycles. The zero-order valence-corrected chi connectivity index (χ0v) is 15.5. The van der Waals surface area contributed by atoms with Gasteiger partial charge in [0.2, 0.25) is 0 Å². The Bertz CT molecular complexity index is 824. The van der Waals surface area contributed by atoms with E-state index >= 15 is 0 Å². The average molecular weight is 391 g/mol. The molecule has 2 rings (SSSR count). The first-order valence-electron chi connectivity index (χ1n) is 8.58. The third-order valence-electron chi connectivity index (χ3n) is 4.01. The van der Waals surface area contributed by atoms with Crippen molar-refractivity contribution in [3.05, 3.63) is 59.4 Å². The van der Waals surface area contributed by atoms with Crippen LogP contribution in [0.2, 0.25) is 0 Å². The van der Waals surface area contributed by atoms with Crippen molar-refractivity contribution in [1.82, 2.24) is 5.32 Å². The summed E-state index contributed by atoms with van der Waals surface area (Å²) in [6.45, 7) is 1.81. The van der Waals surface area contributed by atoms with E-state index in [0.29, 0.717) is 5.56 Å². The molecule has 0 aliphatic carbocycles. The highest BCUT2D eigenvalue weighted by molar-refractivity contribution is 5.89. The molecule has 0 aromatic heterocycles. The quantitative estimate of drug-likeness (QED) is 0.468. The van der Waals surface area contributed by atoms with Crippen molar-refractivity contribution in [2.45, 2.75) is 25.5 Å². The molecule has 0 bridgehead atoms. The number of esters is 2. The maximum Gasteiger partial charge on any atom is 0.338 e. The number of rotatable bonds is 8. The first-order valence-corrected chi connectivity index (χ1v) is 8.58. The molecule has 0 saturated carbocycles. The third-order valence-corrected chi connectivity index (χ3v) is 4.01. The zero-order chi connectivity index (χ0) is 20.7. The number of carbonyl (C=O) groups is 2. The maximum absolute atomic E-state index is 12.9. The minimum Gasteiger partial charge on any atom is -0.504 e. The molecule has 0 spiro atoms. The van der Waals surface area contributed by atoms with Gasteiger partial charge in [0.1, 0.15) is 18.0 Å². The van der Waals surface area contributed by atoms with Crippen LogP contribution in [0.5, 0.6) is 11.5 Å². The van der Waals surface area contributed by atoms with Crippen molar-refractivity contribution in [2.24, 2.45) is 0 Å². The van der Waals surface area contributed by atoms with E-state index in [1.165, 1.54) is 43.5 Å². The van der Waals surface area contributed by atoms with Gasteiger partial charge in [0.15, 0.2) is 11.5 Å². The fourth-order valence-electron chi connectivity index (χ4n) is 2.50. The molecule has 3 N–H and O–H groups in total. The Morgan fingerprint density at radius 2 is 1.79 bits per heavy atom. The van der Waals surface area contributed by atoms with Crippen LogP contribution in [0.1, 0.15) is 22.8 Å². The number of aromatic hydroxyl groups is 2. The highest BCUT2D eigenvalue weighted by atomic mass is 19.1. The fourth-order valence-corrected chi connectivity index (χ4v) is 2.50. The Morgan fingerprint density at radius 1 is 1.11 bits per heavy atom. The molecule has 0 heterocycles. The summed E-state index contributed by atoms with van der Waals surface area (Å²) in [5, 5.41) is 21.9. The van der Waals surface area contributed by atoms with Crippen molar-refractivity contribution in [3.63, 3.8) is 0 Å². The molecule has 0 amide bonds. The average Bonchev–Trinajstić information content (AvgIpc) is 2.67. The predicted molar refractivity (Wildman–Crippen MR) is 98.6 cm³/mol. The van der Waals surface area contributed by atoms with Crippen LogP contribution >= 0.6 is 0 Å². The lowest BCUT2D eigenvalue weighted by atomic mass is 10.0. The standard InChI is InChI=1S/C20H22FNO6/c1-12(28-19(25)14-4-6-15(21)7-5-14)11-22-16(20(26)27-2)9-13-3-8-17(23)18(24)10-13/h3-8,10,12,16,22-24H,9,11H2,1-2H3/t12?,16-/m0/s1. The second-order valence-corrected chi connectivity index (χ2v) is 6.23. The first-order chi connectivity index (χ1) is 13.3. The van der Waals surface area contributed by atoms with Gasteiger partial charge >= 0.3 is 11.9 Å². The molecule has 150 valence electrons. The van der Waals surface area contributed by atoms with Crippen LogP contribution < -0.4 is 5.32 Å². The Hall–Kier alpha value is -3.13. The minimum atomic E-state index is -0.749. The van der Waals surface area contributed by atoms with Crippen molar-refractivity contribution >= 4 is 11.9 Å². The van der Waals surface area contributed by atoms with E-state index in [1.54, 1.807) is 13.0 Å². The van der Waals surface area contributed by atoms with Crippen molar-refractivity contribution in [1.29, 1.82) is 0 Å². The van der Waals surface area contributed by atoms with Gasteiger partial charge in [0, 0.05) is 6.54 Å².